The molecule has 10 heavy (non-hydrogen) atoms. The normalized spacial score (nSPS) is 12.6. The number of ether oxygens (including phenoxy) is 1. The summed E-state index contributed by atoms with van der Waals surface area (Å²) in [5.41, 5.74) is 4.71. The maximum Gasteiger partial charge on any atom is 0.404 e. The lowest BCUT2D eigenvalue weighted by molar-refractivity contribution is 0.130. The first-order valence-electron chi connectivity index (χ1n) is 3.20. The van der Waals surface area contributed by atoms with E-state index in [9.17, 15) is 4.79 Å². The lowest BCUT2D eigenvalue weighted by Gasteiger charge is -2.07. The van der Waals surface area contributed by atoms with E-state index in [-0.39, 0.29) is 19.1 Å². The molecule has 0 aromatic heterocycles. The predicted molar refractivity (Wildman–Crippen MR) is 36.4 cm³/mol. The number of amides is 1. The average molecular weight is 147 g/mol. The molecule has 1 amide bonds. The number of aliphatic hydroxyl groups excluding tert-OH is 1. The summed E-state index contributed by atoms with van der Waals surface area (Å²) in [6.45, 7) is 2.28. The zero-order valence-electron chi connectivity index (χ0n) is 6.04. The molecule has 0 rings (SSSR count). The maximum atomic E-state index is 10.0. The van der Waals surface area contributed by atoms with Crippen LogP contribution in [0.25, 0.3) is 0 Å². The Hall–Kier alpha value is -0.770. The van der Waals surface area contributed by atoms with Crippen LogP contribution in [0, 0.1) is 5.92 Å². The molecule has 0 bridgehead atoms. The topological polar surface area (TPSA) is 72.6 Å². The van der Waals surface area contributed by atoms with Crippen molar-refractivity contribution in [2.75, 3.05) is 13.2 Å². The van der Waals surface area contributed by atoms with Crippen LogP contribution in [-0.2, 0) is 4.74 Å². The number of aliphatic hydroxyl groups is 1. The van der Waals surface area contributed by atoms with Gasteiger partial charge in [0.2, 0.25) is 0 Å². The van der Waals surface area contributed by atoms with Gasteiger partial charge < -0.3 is 15.6 Å². The molecular formula is C6H13NO3. The monoisotopic (exact) mass is 147 g/mol. The van der Waals surface area contributed by atoms with Gasteiger partial charge in [-0.15, -0.1) is 0 Å². The molecule has 0 unspecified atom stereocenters. The van der Waals surface area contributed by atoms with Crippen molar-refractivity contribution in [2.24, 2.45) is 11.7 Å². The number of carbonyl (C=O) groups is 1. The van der Waals surface area contributed by atoms with E-state index in [1.165, 1.54) is 0 Å². The Kier molecular flexibility index (Phi) is 4.66. The van der Waals surface area contributed by atoms with E-state index in [1.807, 2.05) is 6.92 Å². The van der Waals surface area contributed by atoms with Crippen LogP contribution in [0.4, 0.5) is 4.79 Å². The van der Waals surface area contributed by atoms with Crippen LogP contribution in [0.1, 0.15) is 13.3 Å². The molecule has 0 saturated heterocycles. The van der Waals surface area contributed by atoms with Crippen molar-refractivity contribution in [1.29, 1.82) is 0 Å². The molecule has 0 aliphatic carbocycles. The van der Waals surface area contributed by atoms with Crippen molar-refractivity contribution in [3.63, 3.8) is 0 Å². The molecule has 0 spiro atoms. The first-order valence-corrected chi connectivity index (χ1v) is 3.20. The van der Waals surface area contributed by atoms with E-state index in [1.54, 1.807) is 0 Å². The first kappa shape index (κ1) is 9.23. The fraction of sp³-hybridized carbons (Fsp3) is 0.833. The molecule has 4 nitrogen and oxygen atoms in total. The highest BCUT2D eigenvalue weighted by atomic mass is 16.5. The summed E-state index contributed by atoms with van der Waals surface area (Å²) in [5.74, 6) is 0.178. The highest BCUT2D eigenvalue weighted by Gasteiger charge is 2.02. The molecule has 0 aliphatic rings. The van der Waals surface area contributed by atoms with Crippen LogP contribution in [0.5, 0.6) is 0 Å². The molecule has 4 heteroatoms. The summed E-state index contributed by atoms with van der Waals surface area (Å²) in [7, 11) is 0. The van der Waals surface area contributed by atoms with Crippen LogP contribution in [-0.4, -0.2) is 24.4 Å². The highest BCUT2D eigenvalue weighted by Crippen LogP contribution is 2.00. The highest BCUT2D eigenvalue weighted by molar-refractivity contribution is 5.64. The molecule has 0 saturated carbocycles. The second-order valence-electron chi connectivity index (χ2n) is 2.25. The Bertz CT molecular complexity index is 105. The van der Waals surface area contributed by atoms with Gasteiger partial charge in [0.1, 0.15) is 0 Å². The Morgan fingerprint density at radius 1 is 1.80 bits per heavy atom. The van der Waals surface area contributed by atoms with Gasteiger partial charge in [0.25, 0.3) is 0 Å². The van der Waals surface area contributed by atoms with Crippen LogP contribution in [0.15, 0.2) is 0 Å². The summed E-state index contributed by atoms with van der Waals surface area (Å²) in [5, 5.41) is 8.43. The zero-order valence-corrected chi connectivity index (χ0v) is 6.04. The molecule has 0 radical (unpaired) electrons. The van der Waals surface area contributed by atoms with Crippen molar-refractivity contribution >= 4 is 6.09 Å². The summed E-state index contributed by atoms with van der Waals surface area (Å²) in [6.07, 6.45) is -0.127. The standard InChI is InChI=1S/C6H13NO3/c1-5(2-3-8)4-10-6(7)9/h5,8H,2-4H2,1H3,(H2,7,9)/t5-/m1/s1. The Labute approximate surface area is 60.0 Å². The van der Waals surface area contributed by atoms with Crippen LogP contribution >= 0.6 is 0 Å². The fourth-order valence-corrected chi connectivity index (χ4v) is 0.528. The molecule has 0 aromatic carbocycles. The van der Waals surface area contributed by atoms with E-state index >= 15 is 0 Å². The molecule has 60 valence electrons. The number of hydrogen-bond acceptors (Lipinski definition) is 3. The number of primary amides is 1. The SMILES string of the molecule is C[C@H](CCO)COC(N)=O. The van der Waals surface area contributed by atoms with E-state index in [0.29, 0.717) is 6.42 Å². The van der Waals surface area contributed by atoms with E-state index < -0.39 is 6.09 Å². The lowest BCUT2D eigenvalue weighted by atomic mass is 10.1. The Balaban J connectivity index is 3.21. The van der Waals surface area contributed by atoms with Crippen LogP contribution in [0.3, 0.4) is 0 Å². The van der Waals surface area contributed by atoms with E-state index in [4.69, 9.17) is 10.8 Å². The van der Waals surface area contributed by atoms with Gasteiger partial charge in [-0.25, -0.2) is 4.79 Å². The predicted octanol–water partition coefficient (Wildman–Crippen LogP) is 0.100. The molecule has 0 aromatic rings. The van der Waals surface area contributed by atoms with Gasteiger partial charge in [-0.2, -0.15) is 0 Å². The number of carbonyl (C=O) groups excluding carboxylic acids is 1. The summed E-state index contributed by atoms with van der Waals surface area (Å²) < 4.78 is 4.48. The van der Waals surface area contributed by atoms with Gasteiger partial charge in [0.05, 0.1) is 6.61 Å². The first-order chi connectivity index (χ1) is 4.66. The Morgan fingerprint density at radius 2 is 2.40 bits per heavy atom. The largest absolute Gasteiger partial charge is 0.449 e. The van der Waals surface area contributed by atoms with Crippen molar-refractivity contribution in [3.8, 4) is 0 Å². The van der Waals surface area contributed by atoms with Gasteiger partial charge in [-0.3, -0.25) is 0 Å². The lowest BCUT2D eigenvalue weighted by Crippen LogP contribution is -2.17. The van der Waals surface area contributed by atoms with Gasteiger partial charge >= 0.3 is 6.09 Å². The van der Waals surface area contributed by atoms with Gasteiger partial charge in [-0.1, -0.05) is 6.92 Å². The van der Waals surface area contributed by atoms with Gasteiger partial charge in [-0.05, 0) is 12.3 Å². The minimum absolute atomic E-state index is 0.114. The zero-order chi connectivity index (χ0) is 7.98. The van der Waals surface area contributed by atoms with Gasteiger partial charge in [0.15, 0.2) is 0 Å². The number of rotatable bonds is 4. The second kappa shape index (κ2) is 5.05. The minimum atomic E-state index is -0.759. The average Bonchev–Trinajstić information content (AvgIpc) is 1.85. The molecule has 1 atom stereocenters. The van der Waals surface area contributed by atoms with Crippen molar-refractivity contribution < 1.29 is 14.6 Å². The third-order valence-corrected chi connectivity index (χ3v) is 1.13. The molecule has 0 aliphatic heterocycles. The number of nitrogens with two attached hydrogens (primary N) is 1. The summed E-state index contributed by atoms with van der Waals surface area (Å²) >= 11 is 0. The third kappa shape index (κ3) is 5.37. The molecule has 3 N–H and O–H groups in total. The maximum absolute atomic E-state index is 10.0. The molecular weight excluding hydrogens is 134 g/mol. The smallest absolute Gasteiger partial charge is 0.404 e. The van der Waals surface area contributed by atoms with Crippen molar-refractivity contribution in [3.05, 3.63) is 0 Å². The summed E-state index contributed by atoms with van der Waals surface area (Å²) in [6, 6.07) is 0. The Morgan fingerprint density at radius 3 is 2.80 bits per heavy atom. The van der Waals surface area contributed by atoms with E-state index in [2.05, 4.69) is 4.74 Å². The summed E-state index contributed by atoms with van der Waals surface area (Å²) in [4.78, 5) is 10.0. The fourth-order valence-electron chi connectivity index (χ4n) is 0.528. The van der Waals surface area contributed by atoms with E-state index in [0.717, 1.165) is 0 Å². The number of hydrogen-bond donors (Lipinski definition) is 2. The molecule has 0 fully saturated rings. The van der Waals surface area contributed by atoms with Crippen molar-refractivity contribution in [1.82, 2.24) is 0 Å². The van der Waals surface area contributed by atoms with Crippen molar-refractivity contribution in [2.45, 2.75) is 13.3 Å². The third-order valence-electron chi connectivity index (χ3n) is 1.13. The van der Waals surface area contributed by atoms with Gasteiger partial charge in [0, 0.05) is 6.61 Å². The minimum Gasteiger partial charge on any atom is -0.449 e. The van der Waals surface area contributed by atoms with Crippen LogP contribution in [0.2, 0.25) is 0 Å². The second-order valence-corrected chi connectivity index (χ2v) is 2.25. The quantitative estimate of drug-likeness (QED) is 0.592. The van der Waals surface area contributed by atoms with Crippen LogP contribution < -0.4 is 5.73 Å². The molecule has 0 heterocycles.